The van der Waals surface area contributed by atoms with Gasteiger partial charge in [-0.1, -0.05) is 13.8 Å². The first-order valence-electron chi connectivity index (χ1n) is 6.95. The summed E-state index contributed by atoms with van der Waals surface area (Å²) in [6.07, 6.45) is 3.46. The van der Waals surface area contributed by atoms with Gasteiger partial charge in [0.05, 0.1) is 5.69 Å². The van der Waals surface area contributed by atoms with Crippen molar-refractivity contribution < 1.29 is 4.39 Å². The van der Waals surface area contributed by atoms with Crippen LogP contribution in [-0.4, -0.2) is 19.6 Å². The lowest BCUT2D eigenvalue weighted by Gasteiger charge is -2.19. The maximum absolute atomic E-state index is 14.0. The molecule has 0 saturated carbocycles. The minimum absolute atomic E-state index is 0.105. The number of halogens is 1. The summed E-state index contributed by atoms with van der Waals surface area (Å²) in [4.78, 5) is 2.13. The third-order valence-electron chi connectivity index (χ3n) is 3.45. The van der Waals surface area contributed by atoms with Crippen molar-refractivity contribution in [3.8, 4) is 0 Å². The molecule has 2 nitrogen and oxygen atoms in total. The largest absolute Gasteiger partial charge is 0.385 e. The lowest BCUT2D eigenvalue weighted by atomic mass is 10.1. The second-order valence-corrected chi connectivity index (χ2v) is 5.47. The molecule has 1 aliphatic rings. The fourth-order valence-corrected chi connectivity index (χ4v) is 2.34. The Labute approximate surface area is 109 Å². The van der Waals surface area contributed by atoms with E-state index in [2.05, 4.69) is 24.1 Å². The highest BCUT2D eigenvalue weighted by Crippen LogP contribution is 2.26. The van der Waals surface area contributed by atoms with Crippen LogP contribution < -0.4 is 10.2 Å². The molecule has 0 radical (unpaired) electrons. The van der Waals surface area contributed by atoms with E-state index in [1.807, 2.05) is 12.1 Å². The number of hydrogen-bond donors (Lipinski definition) is 1. The predicted molar refractivity (Wildman–Crippen MR) is 75.8 cm³/mol. The van der Waals surface area contributed by atoms with Crippen LogP contribution in [0.15, 0.2) is 18.2 Å². The van der Waals surface area contributed by atoms with E-state index < -0.39 is 0 Å². The molecular formula is C15H23FN2. The Morgan fingerprint density at radius 3 is 2.61 bits per heavy atom. The minimum Gasteiger partial charge on any atom is -0.385 e. The monoisotopic (exact) mass is 250 g/mol. The zero-order valence-corrected chi connectivity index (χ0v) is 11.4. The number of anilines is 2. The first-order chi connectivity index (χ1) is 8.66. The van der Waals surface area contributed by atoms with Gasteiger partial charge in [-0.2, -0.15) is 0 Å². The quantitative estimate of drug-likeness (QED) is 0.853. The lowest BCUT2D eigenvalue weighted by Crippen LogP contribution is -2.19. The third kappa shape index (κ3) is 3.37. The van der Waals surface area contributed by atoms with Crippen molar-refractivity contribution in [1.82, 2.24) is 0 Å². The zero-order valence-electron chi connectivity index (χ0n) is 11.4. The smallest absolute Gasteiger partial charge is 0.148 e. The summed E-state index contributed by atoms with van der Waals surface area (Å²) in [6.45, 7) is 7.26. The first-order valence-corrected chi connectivity index (χ1v) is 6.95. The van der Waals surface area contributed by atoms with E-state index in [0.29, 0.717) is 5.92 Å². The molecule has 100 valence electrons. The van der Waals surface area contributed by atoms with Gasteiger partial charge in [0.1, 0.15) is 5.82 Å². The summed E-state index contributed by atoms with van der Waals surface area (Å²) in [5.74, 6) is 0.567. The number of hydrogen-bond acceptors (Lipinski definition) is 2. The van der Waals surface area contributed by atoms with E-state index in [1.165, 1.54) is 12.8 Å². The number of benzene rings is 1. The molecule has 1 aromatic carbocycles. The van der Waals surface area contributed by atoms with Crippen LogP contribution in [0, 0.1) is 11.7 Å². The van der Waals surface area contributed by atoms with Gasteiger partial charge in [-0.05, 0) is 43.4 Å². The maximum atomic E-state index is 14.0. The predicted octanol–water partition coefficient (Wildman–Crippen LogP) is 3.88. The molecule has 1 heterocycles. The van der Waals surface area contributed by atoms with E-state index in [4.69, 9.17) is 0 Å². The molecular weight excluding hydrogens is 227 g/mol. The topological polar surface area (TPSA) is 15.3 Å². The molecule has 0 unspecified atom stereocenters. The van der Waals surface area contributed by atoms with Gasteiger partial charge in [-0.3, -0.25) is 0 Å². The van der Waals surface area contributed by atoms with Crippen LogP contribution in [0.4, 0.5) is 15.8 Å². The molecule has 0 bridgehead atoms. The molecule has 18 heavy (non-hydrogen) atoms. The first kappa shape index (κ1) is 13.2. The summed E-state index contributed by atoms with van der Waals surface area (Å²) in [6, 6.07) is 5.50. The van der Waals surface area contributed by atoms with Crippen molar-refractivity contribution in [3.05, 3.63) is 24.0 Å². The Bertz CT molecular complexity index is 384. The lowest BCUT2D eigenvalue weighted by molar-refractivity contribution is 0.606. The second kappa shape index (κ2) is 6.07. The van der Waals surface area contributed by atoms with Crippen molar-refractivity contribution in [1.29, 1.82) is 0 Å². The molecule has 3 heteroatoms. The van der Waals surface area contributed by atoms with Gasteiger partial charge < -0.3 is 10.2 Å². The molecule has 1 aliphatic heterocycles. The summed E-state index contributed by atoms with van der Waals surface area (Å²) in [5, 5.41) is 3.28. The molecule has 0 atom stereocenters. The highest BCUT2D eigenvalue weighted by atomic mass is 19.1. The number of nitrogens with zero attached hydrogens (tertiary/aromatic N) is 1. The molecule has 0 aliphatic carbocycles. The van der Waals surface area contributed by atoms with Crippen LogP contribution in [0.5, 0.6) is 0 Å². The third-order valence-corrected chi connectivity index (χ3v) is 3.45. The van der Waals surface area contributed by atoms with E-state index in [1.54, 1.807) is 6.07 Å². The van der Waals surface area contributed by atoms with Gasteiger partial charge in [0.2, 0.25) is 0 Å². The Hall–Kier alpha value is -1.25. The molecule has 1 N–H and O–H groups in total. The van der Waals surface area contributed by atoms with Gasteiger partial charge in [-0.25, -0.2) is 4.39 Å². The summed E-state index contributed by atoms with van der Waals surface area (Å²) in [7, 11) is 0. The minimum atomic E-state index is -0.105. The van der Waals surface area contributed by atoms with Gasteiger partial charge >= 0.3 is 0 Å². The highest BCUT2D eigenvalue weighted by molar-refractivity contribution is 5.56. The maximum Gasteiger partial charge on any atom is 0.148 e. The van der Waals surface area contributed by atoms with Crippen LogP contribution >= 0.6 is 0 Å². The Morgan fingerprint density at radius 1 is 1.28 bits per heavy atom. The normalized spacial score (nSPS) is 15.4. The summed E-state index contributed by atoms with van der Waals surface area (Å²) < 4.78 is 14.0. The highest BCUT2D eigenvalue weighted by Gasteiger charge is 2.15. The van der Waals surface area contributed by atoms with Crippen LogP contribution in [0.1, 0.15) is 33.1 Å². The summed E-state index contributed by atoms with van der Waals surface area (Å²) >= 11 is 0. The van der Waals surface area contributed by atoms with E-state index >= 15 is 0 Å². The van der Waals surface area contributed by atoms with Gasteiger partial charge in [-0.15, -0.1) is 0 Å². The average Bonchev–Trinajstić information content (AvgIpc) is 2.82. The molecule has 1 fully saturated rings. The fraction of sp³-hybridized carbons (Fsp3) is 0.600. The Kier molecular flexibility index (Phi) is 4.45. The zero-order chi connectivity index (χ0) is 13.0. The molecule has 1 aromatic rings. The van der Waals surface area contributed by atoms with E-state index in [0.717, 1.165) is 37.4 Å². The molecule has 0 spiro atoms. The van der Waals surface area contributed by atoms with Crippen molar-refractivity contribution in [2.24, 2.45) is 5.92 Å². The van der Waals surface area contributed by atoms with E-state index in [9.17, 15) is 4.39 Å². The standard InChI is InChI=1S/C15H23FN2/c1-12(2)7-8-17-13-5-6-15(14(16)11-13)18-9-3-4-10-18/h5-6,11-12,17H,3-4,7-10H2,1-2H3. The fourth-order valence-electron chi connectivity index (χ4n) is 2.34. The van der Waals surface area contributed by atoms with Gasteiger partial charge in [0.15, 0.2) is 0 Å². The Morgan fingerprint density at radius 2 is 2.00 bits per heavy atom. The van der Waals surface area contributed by atoms with Crippen LogP contribution in [0.2, 0.25) is 0 Å². The van der Waals surface area contributed by atoms with E-state index in [-0.39, 0.29) is 5.82 Å². The van der Waals surface area contributed by atoms with Gasteiger partial charge in [0, 0.05) is 25.3 Å². The van der Waals surface area contributed by atoms with Gasteiger partial charge in [0.25, 0.3) is 0 Å². The Balaban J connectivity index is 1.96. The molecule has 0 amide bonds. The summed E-state index contributed by atoms with van der Waals surface area (Å²) in [5.41, 5.74) is 1.64. The molecule has 0 aromatic heterocycles. The average molecular weight is 250 g/mol. The SMILES string of the molecule is CC(C)CCNc1ccc(N2CCCC2)c(F)c1. The number of rotatable bonds is 5. The van der Waals surface area contributed by atoms with Crippen molar-refractivity contribution >= 4 is 11.4 Å². The van der Waals surface area contributed by atoms with Crippen LogP contribution in [-0.2, 0) is 0 Å². The van der Waals surface area contributed by atoms with Crippen LogP contribution in [0.25, 0.3) is 0 Å². The second-order valence-electron chi connectivity index (χ2n) is 5.47. The molecule has 1 saturated heterocycles. The van der Waals surface area contributed by atoms with Crippen LogP contribution in [0.3, 0.4) is 0 Å². The van der Waals surface area contributed by atoms with Crippen molar-refractivity contribution in [3.63, 3.8) is 0 Å². The number of nitrogens with one attached hydrogen (secondary N) is 1. The van der Waals surface area contributed by atoms with Crippen molar-refractivity contribution in [2.45, 2.75) is 33.1 Å². The van der Waals surface area contributed by atoms with Crippen molar-refractivity contribution in [2.75, 3.05) is 29.9 Å². The molecule has 2 rings (SSSR count).